The van der Waals surface area contributed by atoms with Crippen molar-refractivity contribution >= 4 is 50.8 Å². The second-order valence-electron chi connectivity index (χ2n) is 17.9. The van der Waals surface area contributed by atoms with Crippen molar-refractivity contribution in [3.05, 3.63) is 90.5 Å². The van der Waals surface area contributed by atoms with Crippen LogP contribution in [0.3, 0.4) is 0 Å². The van der Waals surface area contributed by atoms with Gasteiger partial charge in [-0.2, -0.15) is 5.10 Å². The molecule has 3 aromatic carbocycles. The van der Waals surface area contributed by atoms with Crippen molar-refractivity contribution in [3.63, 3.8) is 0 Å². The first kappa shape index (κ1) is 49.4. The molecule has 2 fully saturated rings. The number of thiazole rings is 1. The fourth-order valence-electron chi connectivity index (χ4n) is 9.09. The van der Waals surface area contributed by atoms with Gasteiger partial charge in [-0.1, -0.05) is 94.9 Å². The Morgan fingerprint density at radius 1 is 0.723 bits per heavy atom. The van der Waals surface area contributed by atoms with E-state index in [9.17, 15) is 14.4 Å². The maximum atomic E-state index is 13.7. The Morgan fingerprint density at radius 2 is 1.35 bits per heavy atom. The van der Waals surface area contributed by atoms with Crippen LogP contribution in [0.4, 0.5) is 5.13 Å². The number of rotatable bonds is 26. The van der Waals surface area contributed by atoms with Gasteiger partial charge in [0.15, 0.2) is 0 Å². The van der Waals surface area contributed by atoms with Gasteiger partial charge in [-0.25, -0.2) is 14.8 Å². The van der Waals surface area contributed by atoms with Crippen molar-refractivity contribution in [1.82, 2.24) is 4.98 Å². The van der Waals surface area contributed by atoms with Gasteiger partial charge in [0.05, 0.1) is 41.5 Å². The number of unbranched alkanes of at least 4 members (excludes halogenated alkanes) is 8. The Kier molecular flexibility index (Phi) is 20.4. The summed E-state index contributed by atoms with van der Waals surface area (Å²) < 4.78 is 23.9. The van der Waals surface area contributed by atoms with E-state index in [0.29, 0.717) is 62.1 Å². The van der Waals surface area contributed by atoms with E-state index in [0.717, 1.165) is 84.7 Å². The molecule has 4 aromatic rings. The lowest BCUT2D eigenvalue weighted by Crippen LogP contribution is -2.30. The number of esters is 3. The van der Waals surface area contributed by atoms with Gasteiger partial charge in [-0.05, 0) is 149 Å². The van der Waals surface area contributed by atoms with Crippen LogP contribution in [0.2, 0.25) is 0 Å². The van der Waals surface area contributed by atoms with Crippen molar-refractivity contribution in [2.75, 3.05) is 24.8 Å². The molecule has 2 aliphatic carbocycles. The maximum Gasteiger partial charge on any atom is 0.330 e. The van der Waals surface area contributed by atoms with Crippen LogP contribution in [0.25, 0.3) is 10.2 Å². The number of aromatic nitrogens is 1. The average molecular weight is 906 g/mol. The number of fused-ring (bicyclic) bond motifs is 1. The molecule has 0 amide bonds. The molecule has 0 spiro atoms. The van der Waals surface area contributed by atoms with Crippen LogP contribution in [-0.2, 0) is 19.1 Å². The van der Waals surface area contributed by atoms with E-state index in [1.54, 1.807) is 35.6 Å². The van der Waals surface area contributed by atoms with Crippen LogP contribution >= 0.6 is 11.3 Å². The smallest absolute Gasteiger partial charge is 0.330 e. The summed E-state index contributed by atoms with van der Waals surface area (Å²) in [7, 11) is 0. The first-order chi connectivity index (χ1) is 31.8. The summed E-state index contributed by atoms with van der Waals surface area (Å²) in [5, 5.41) is 8.08. The van der Waals surface area contributed by atoms with E-state index in [1.165, 1.54) is 63.0 Å². The molecule has 10 nitrogen and oxygen atoms in total. The van der Waals surface area contributed by atoms with Crippen LogP contribution < -0.4 is 19.2 Å². The van der Waals surface area contributed by atoms with Crippen molar-refractivity contribution < 1.29 is 33.3 Å². The van der Waals surface area contributed by atoms with Crippen LogP contribution in [0.15, 0.2) is 84.5 Å². The third-order valence-electron chi connectivity index (χ3n) is 13.0. The predicted octanol–water partition coefficient (Wildman–Crippen LogP) is 13.6. The number of carbonyl (C=O) groups excluding carboxylic acids is 3. The van der Waals surface area contributed by atoms with Gasteiger partial charge in [0, 0.05) is 18.2 Å². The number of hydrogen-bond acceptors (Lipinski definition) is 11. The molecule has 11 heteroatoms. The molecule has 0 saturated heterocycles. The number of ether oxygens (including phenoxy) is 4. The summed E-state index contributed by atoms with van der Waals surface area (Å²) in [4.78, 5) is 42.9. The lowest BCUT2D eigenvalue weighted by atomic mass is 9.76. The van der Waals surface area contributed by atoms with Crippen molar-refractivity contribution in [2.24, 2.45) is 22.9 Å². The second-order valence-corrected chi connectivity index (χ2v) is 18.9. The first-order valence-electron chi connectivity index (χ1n) is 24.6. The number of benzene rings is 3. The molecule has 0 unspecified atom stereocenters. The number of nitrogens with zero attached hydrogens (tertiary/aromatic N) is 3. The highest BCUT2D eigenvalue weighted by Gasteiger charge is 2.33. The molecule has 0 bridgehead atoms. The van der Waals surface area contributed by atoms with Crippen molar-refractivity contribution in [1.29, 1.82) is 0 Å². The zero-order valence-electron chi connectivity index (χ0n) is 38.9. The molecule has 2 saturated carbocycles. The molecule has 0 N–H and O–H groups in total. The molecule has 0 atom stereocenters. The highest BCUT2D eigenvalue weighted by atomic mass is 32.1. The normalized spacial score (nSPS) is 18.6. The topological polar surface area (TPSA) is 117 Å². The monoisotopic (exact) mass is 906 g/mol. The fraction of sp³-hybridized carbons (Fsp3) is 0.537. The molecule has 0 aliphatic heterocycles. The number of para-hydroxylation sites is 1. The Morgan fingerprint density at radius 3 is 2.05 bits per heavy atom. The zero-order valence-corrected chi connectivity index (χ0v) is 39.7. The minimum absolute atomic E-state index is 0.253. The number of anilines is 1. The quantitative estimate of drug-likeness (QED) is 0.0152. The van der Waals surface area contributed by atoms with E-state index in [1.807, 2.05) is 24.4 Å². The van der Waals surface area contributed by atoms with Crippen LogP contribution in [0.1, 0.15) is 159 Å². The maximum absolute atomic E-state index is 13.7. The van der Waals surface area contributed by atoms with E-state index >= 15 is 0 Å². The minimum atomic E-state index is -0.390. The lowest BCUT2D eigenvalue weighted by molar-refractivity contribution is -0.145. The molecule has 1 aromatic heterocycles. The summed E-state index contributed by atoms with van der Waals surface area (Å²) in [5.74, 6) is 1.46. The van der Waals surface area contributed by atoms with Gasteiger partial charge in [0.1, 0.15) is 17.2 Å². The van der Waals surface area contributed by atoms with Crippen molar-refractivity contribution in [3.8, 4) is 17.2 Å². The summed E-state index contributed by atoms with van der Waals surface area (Å²) >= 11 is 1.67. The molecule has 2 aliphatic rings. The van der Waals surface area contributed by atoms with Gasteiger partial charge in [-0.15, -0.1) is 0 Å². The summed E-state index contributed by atoms with van der Waals surface area (Å²) in [6.07, 6.45) is 23.6. The van der Waals surface area contributed by atoms with Crippen LogP contribution in [0, 0.1) is 17.8 Å². The molecule has 350 valence electrons. The van der Waals surface area contributed by atoms with E-state index in [-0.39, 0.29) is 23.8 Å². The van der Waals surface area contributed by atoms with Gasteiger partial charge < -0.3 is 18.9 Å². The number of hydrazone groups is 1. The van der Waals surface area contributed by atoms with E-state index in [4.69, 9.17) is 29.0 Å². The first-order valence-corrected chi connectivity index (χ1v) is 25.4. The highest BCUT2D eigenvalue weighted by Crippen LogP contribution is 2.40. The van der Waals surface area contributed by atoms with Gasteiger partial charge in [-0.3, -0.25) is 9.59 Å². The van der Waals surface area contributed by atoms with Gasteiger partial charge in [0.25, 0.3) is 0 Å². The molecule has 0 radical (unpaired) electrons. The molecular weight excluding hydrogens is 835 g/mol. The Balaban J connectivity index is 1.03. The van der Waals surface area contributed by atoms with E-state index < -0.39 is 5.97 Å². The van der Waals surface area contributed by atoms with Crippen LogP contribution in [-0.4, -0.2) is 48.9 Å². The summed E-state index contributed by atoms with van der Waals surface area (Å²) in [6, 6.07) is 21.5. The molecule has 6 rings (SSSR count). The third-order valence-corrected chi connectivity index (χ3v) is 14.0. The number of hydrogen-bond donors (Lipinski definition) is 0. The third kappa shape index (κ3) is 15.8. The zero-order chi connectivity index (χ0) is 45.6. The Hall–Kier alpha value is -5.03. The summed E-state index contributed by atoms with van der Waals surface area (Å²) in [5.41, 5.74) is 3.25. The predicted molar refractivity (Wildman–Crippen MR) is 262 cm³/mol. The largest absolute Gasteiger partial charge is 0.494 e. The minimum Gasteiger partial charge on any atom is -0.494 e. The van der Waals surface area contributed by atoms with Gasteiger partial charge in [0.2, 0.25) is 5.13 Å². The van der Waals surface area contributed by atoms with E-state index in [2.05, 4.69) is 49.7 Å². The second kappa shape index (κ2) is 26.8. The summed E-state index contributed by atoms with van der Waals surface area (Å²) in [6.45, 7) is 9.65. The SMILES string of the molecule is C=CC(=O)OCCCCCCOc1ccc(OC(=O)C2CCC(C(=O)Oc3ccc(C4CCC(CCCCC)CC4)c(/C=N/N(CCCCCC)c4nc5ccccc5s4)c3)CC2)cc1. The Bertz CT molecular complexity index is 2080. The fourth-order valence-corrected chi connectivity index (χ4v) is 10.0. The molecule has 65 heavy (non-hydrogen) atoms. The molecular formula is C54H71N3O7S. The average Bonchev–Trinajstić information content (AvgIpc) is 3.77. The van der Waals surface area contributed by atoms with Crippen molar-refractivity contribution in [2.45, 2.75) is 148 Å². The standard InChI is InChI=1S/C54H71N3O7S/c1-4-7-9-15-35-57(54-56-49-19-13-14-20-50(49)65-54)55-39-44-38-47(33-34-48(44)41-23-21-40(22-24-41)18-12-8-5-2)64-53(60)43-27-25-42(26-28-43)52(59)63-46-31-29-45(30-32-46)61-36-16-10-11-17-37-62-51(58)6-3/h6,13-14,19-20,29-34,38-43H,3-5,7-12,15-18,21-28,35-37H2,1-2H3/b55-39+. The number of carbonyl (C=O) groups is 3. The Labute approximate surface area is 391 Å². The highest BCUT2D eigenvalue weighted by molar-refractivity contribution is 7.22. The lowest BCUT2D eigenvalue weighted by Gasteiger charge is -2.30. The van der Waals surface area contributed by atoms with Crippen LogP contribution in [0.5, 0.6) is 17.2 Å². The molecule has 1 heterocycles. The van der Waals surface area contributed by atoms with Gasteiger partial charge >= 0.3 is 17.9 Å².